The first-order valence-corrected chi connectivity index (χ1v) is 4.87. The van der Waals surface area contributed by atoms with Gasteiger partial charge in [0.1, 0.15) is 0 Å². The van der Waals surface area contributed by atoms with Gasteiger partial charge in [0.2, 0.25) is 0 Å². The molecule has 0 aliphatic carbocycles. The Kier molecular flexibility index (Phi) is 3.46. The van der Waals surface area contributed by atoms with Crippen molar-refractivity contribution in [1.29, 1.82) is 0 Å². The van der Waals surface area contributed by atoms with Gasteiger partial charge in [-0.1, -0.05) is 36.2 Å². The molecule has 60 valence electrons. The fraction of sp³-hybridized carbons (Fsp3) is 0.333. The van der Waals surface area contributed by atoms with Crippen LogP contribution in [-0.2, 0) is 6.54 Å². The van der Waals surface area contributed by atoms with E-state index in [1.807, 2.05) is 6.26 Å². The van der Waals surface area contributed by atoms with E-state index in [1.54, 1.807) is 11.9 Å². The topological polar surface area (TPSA) is 12.0 Å². The van der Waals surface area contributed by atoms with E-state index in [2.05, 4.69) is 35.9 Å². The van der Waals surface area contributed by atoms with Crippen LogP contribution < -0.4 is 4.72 Å². The smallest absolute Gasteiger partial charge is 0.0312 e. The molecule has 0 saturated carbocycles. The van der Waals surface area contributed by atoms with Gasteiger partial charge in [0.05, 0.1) is 0 Å². The van der Waals surface area contributed by atoms with Gasteiger partial charge in [0.15, 0.2) is 0 Å². The molecule has 0 saturated heterocycles. The predicted molar refractivity (Wildman–Crippen MR) is 51.5 cm³/mol. The van der Waals surface area contributed by atoms with Crippen LogP contribution in [0.2, 0.25) is 0 Å². The second-order valence-corrected chi connectivity index (χ2v) is 3.15. The summed E-state index contributed by atoms with van der Waals surface area (Å²) in [6.07, 6.45) is 2.04. The lowest BCUT2D eigenvalue weighted by molar-refractivity contribution is 0.966. The molecule has 11 heavy (non-hydrogen) atoms. The van der Waals surface area contributed by atoms with E-state index in [0.29, 0.717) is 0 Å². The average Bonchev–Trinajstić information content (AvgIpc) is 2.03. The highest BCUT2D eigenvalue weighted by Crippen LogP contribution is 2.06. The summed E-state index contributed by atoms with van der Waals surface area (Å²) < 4.78 is 3.22. The van der Waals surface area contributed by atoms with E-state index >= 15 is 0 Å². The highest BCUT2D eigenvalue weighted by atomic mass is 32.2. The van der Waals surface area contributed by atoms with Crippen molar-refractivity contribution in [2.75, 3.05) is 6.26 Å². The molecule has 0 bridgehead atoms. The molecular formula is C9H13NS. The Hall–Kier alpha value is -0.470. The van der Waals surface area contributed by atoms with Gasteiger partial charge in [-0.25, -0.2) is 0 Å². The summed E-state index contributed by atoms with van der Waals surface area (Å²) in [7, 11) is 0. The number of aryl methyl sites for hydroxylation is 1. The van der Waals surface area contributed by atoms with Crippen molar-refractivity contribution in [3.8, 4) is 0 Å². The van der Waals surface area contributed by atoms with Gasteiger partial charge < -0.3 is 0 Å². The highest BCUT2D eigenvalue weighted by Gasteiger charge is 1.93. The van der Waals surface area contributed by atoms with E-state index in [4.69, 9.17) is 0 Å². The van der Waals surface area contributed by atoms with Gasteiger partial charge in [0.25, 0.3) is 0 Å². The fourth-order valence-corrected chi connectivity index (χ4v) is 1.26. The van der Waals surface area contributed by atoms with Crippen LogP contribution in [0.4, 0.5) is 0 Å². The number of hydrogen-bond acceptors (Lipinski definition) is 2. The van der Waals surface area contributed by atoms with Crippen molar-refractivity contribution in [1.82, 2.24) is 4.72 Å². The van der Waals surface area contributed by atoms with Gasteiger partial charge in [-0.3, -0.25) is 4.72 Å². The van der Waals surface area contributed by atoms with Gasteiger partial charge in [-0.2, -0.15) is 0 Å². The average molecular weight is 167 g/mol. The summed E-state index contributed by atoms with van der Waals surface area (Å²) in [6.45, 7) is 3.09. The maximum Gasteiger partial charge on any atom is 0.0312 e. The van der Waals surface area contributed by atoms with E-state index in [1.165, 1.54) is 11.1 Å². The van der Waals surface area contributed by atoms with Crippen LogP contribution >= 0.6 is 11.9 Å². The lowest BCUT2D eigenvalue weighted by Crippen LogP contribution is -2.03. The van der Waals surface area contributed by atoms with Gasteiger partial charge in [-0.05, 0) is 24.3 Å². The summed E-state index contributed by atoms with van der Waals surface area (Å²) in [5, 5.41) is 0. The summed E-state index contributed by atoms with van der Waals surface area (Å²) in [5.41, 5.74) is 2.73. The highest BCUT2D eigenvalue weighted by molar-refractivity contribution is 7.96. The molecule has 2 heteroatoms. The van der Waals surface area contributed by atoms with E-state index in [-0.39, 0.29) is 0 Å². The van der Waals surface area contributed by atoms with Gasteiger partial charge in [0, 0.05) is 6.54 Å². The Labute approximate surface area is 72.3 Å². The Bertz CT molecular complexity index is 223. The molecule has 0 amide bonds. The maximum absolute atomic E-state index is 3.22. The Morgan fingerprint density at radius 1 is 1.36 bits per heavy atom. The van der Waals surface area contributed by atoms with Crippen LogP contribution in [-0.4, -0.2) is 6.26 Å². The number of benzene rings is 1. The second kappa shape index (κ2) is 4.42. The standard InChI is InChI=1S/C9H13NS/c1-8-5-3-4-6-9(8)7-10-11-2/h3-6,10H,7H2,1-2H3. The first-order valence-electron chi connectivity index (χ1n) is 3.65. The summed E-state index contributed by atoms with van der Waals surface area (Å²) >= 11 is 1.66. The molecule has 0 fully saturated rings. The predicted octanol–water partition coefficient (Wildman–Crippen LogP) is 2.36. The monoisotopic (exact) mass is 167 g/mol. The minimum Gasteiger partial charge on any atom is -0.260 e. The normalized spacial score (nSPS) is 10.0. The maximum atomic E-state index is 3.22. The third kappa shape index (κ3) is 2.56. The molecular weight excluding hydrogens is 154 g/mol. The van der Waals surface area contributed by atoms with Crippen molar-refractivity contribution in [2.24, 2.45) is 0 Å². The Morgan fingerprint density at radius 3 is 2.73 bits per heavy atom. The molecule has 0 spiro atoms. The molecule has 0 heterocycles. The van der Waals surface area contributed by atoms with E-state index in [0.717, 1.165) is 6.54 Å². The second-order valence-electron chi connectivity index (χ2n) is 2.45. The zero-order chi connectivity index (χ0) is 8.10. The van der Waals surface area contributed by atoms with Crippen LogP contribution in [0.3, 0.4) is 0 Å². The van der Waals surface area contributed by atoms with Crippen molar-refractivity contribution in [2.45, 2.75) is 13.5 Å². The molecule has 1 aromatic rings. The quantitative estimate of drug-likeness (QED) is 0.694. The van der Waals surface area contributed by atoms with Crippen molar-refractivity contribution in [3.05, 3.63) is 35.4 Å². The van der Waals surface area contributed by atoms with Crippen molar-refractivity contribution < 1.29 is 0 Å². The lowest BCUT2D eigenvalue weighted by atomic mass is 10.1. The Morgan fingerprint density at radius 2 is 2.09 bits per heavy atom. The van der Waals surface area contributed by atoms with E-state index in [9.17, 15) is 0 Å². The van der Waals surface area contributed by atoms with Crippen molar-refractivity contribution >= 4 is 11.9 Å². The third-order valence-electron chi connectivity index (χ3n) is 1.67. The molecule has 0 aromatic heterocycles. The Balaban J connectivity index is 2.62. The third-order valence-corrected chi connectivity index (χ3v) is 2.10. The van der Waals surface area contributed by atoms with Gasteiger partial charge >= 0.3 is 0 Å². The molecule has 0 radical (unpaired) electrons. The van der Waals surface area contributed by atoms with Crippen LogP contribution in [0.15, 0.2) is 24.3 Å². The molecule has 0 aliphatic heterocycles. The first-order chi connectivity index (χ1) is 5.34. The minimum absolute atomic E-state index is 0.952. The molecule has 0 aliphatic rings. The SMILES string of the molecule is CSNCc1ccccc1C. The molecule has 1 N–H and O–H groups in total. The van der Waals surface area contributed by atoms with Crippen LogP contribution in [0.25, 0.3) is 0 Å². The molecule has 1 nitrogen and oxygen atoms in total. The molecule has 1 rings (SSSR count). The number of nitrogens with one attached hydrogen (secondary N) is 1. The lowest BCUT2D eigenvalue weighted by Gasteiger charge is -2.03. The largest absolute Gasteiger partial charge is 0.260 e. The van der Waals surface area contributed by atoms with Crippen LogP contribution in [0.1, 0.15) is 11.1 Å². The zero-order valence-electron chi connectivity index (χ0n) is 6.92. The molecule has 0 atom stereocenters. The fourth-order valence-electron chi connectivity index (χ4n) is 0.958. The molecule has 0 unspecified atom stereocenters. The first kappa shape index (κ1) is 8.62. The van der Waals surface area contributed by atoms with E-state index < -0.39 is 0 Å². The summed E-state index contributed by atoms with van der Waals surface area (Å²) in [4.78, 5) is 0. The van der Waals surface area contributed by atoms with Gasteiger partial charge in [-0.15, -0.1) is 0 Å². The summed E-state index contributed by atoms with van der Waals surface area (Å²) in [5.74, 6) is 0. The number of rotatable bonds is 3. The summed E-state index contributed by atoms with van der Waals surface area (Å²) in [6, 6.07) is 8.43. The zero-order valence-corrected chi connectivity index (χ0v) is 7.74. The molecule has 1 aromatic carbocycles. The van der Waals surface area contributed by atoms with Crippen LogP contribution in [0, 0.1) is 6.92 Å². The minimum atomic E-state index is 0.952. The number of hydrogen-bond donors (Lipinski definition) is 1. The van der Waals surface area contributed by atoms with Crippen molar-refractivity contribution in [3.63, 3.8) is 0 Å². The van der Waals surface area contributed by atoms with Crippen LogP contribution in [0.5, 0.6) is 0 Å².